The summed E-state index contributed by atoms with van der Waals surface area (Å²) in [5, 5.41) is 0.378. The van der Waals surface area contributed by atoms with Gasteiger partial charge in [0, 0.05) is 0 Å². The van der Waals surface area contributed by atoms with Gasteiger partial charge in [0.1, 0.15) is 0 Å². The number of carbonyl (C=O) groups is 1. The van der Waals surface area contributed by atoms with E-state index in [1.165, 1.54) is 30.3 Å². The summed E-state index contributed by atoms with van der Waals surface area (Å²) in [4.78, 5) is 13.7. The van der Waals surface area contributed by atoms with Crippen molar-refractivity contribution in [2.75, 3.05) is 0 Å². The van der Waals surface area contributed by atoms with Crippen LogP contribution in [0.5, 0.6) is 0 Å². The molecule has 0 saturated heterocycles. The third-order valence-corrected chi connectivity index (χ3v) is 22.8. The summed E-state index contributed by atoms with van der Waals surface area (Å²) in [5.74, 6) is -1.05. The number of rotatable bonds is 3. The van der Waals surface area contributed by atoms with Gasteiger partial charge in [-0.05, 0) is 0 Å². The third-order valence-electron chi connectivity index (χ3n) is 5.46. The van der Waals surface area contributed by atoms with Crippen LogP contribution in [-0.2, 0) is 12.7 Å². The molecule has 1 heterocycles. The number of sulfone groups is 1. The van der Waals surface area contributed by atoms with Gasteiger partial charge in [0.15, 0.2) is 0 Å². The van der Waals surface area contributed by atoms with Gasteiger partial charge in [-0.1, -0.05) is 0 Å². The second-order valence-electron chi connectivity index (χ2n) is 7.41. The Balaban J connectivity index is 1.85. The molecule has 0 bridgehead atoms. The van der Waals surface area contributed by atoms with Crippen molar-refractivity contribution in [1.29, 1.82) is 0 Å². The topological polar surface area (TPSA) is 60.4 Å². The molecule has 4 aromatic carbocycles. The molecule has 5 rings (SSSR count). The Morgan fingerprint density at radius 3 is 1.94 bits per heavy atom. The Morgan fingerprint density at radius 2 is 1.36 bits per heavy atom. The molecule has 4 nitrogen and oxygen atoms in total. The Morgan fingerprint density at radius 1 is 0.788 bits per heavy atom. The van der Waals surface area contributed by atoms with Crippen molar-refractivity contribution in [3.05, 3.63) is 113 Å². The number of benzene rings is 4. The summed E-state index contributed by atoms with van der Waals surface area (Å²) >= 11 is 1.23. The monoisotopic (exact) mass is 675 g/mol. The van der Waals surface area contributed by atoms with Gasteiger partial charge in [-0.2, -0.15) is 0 Å². The van der Waals surface area contributed by atoms with E-state index < -0.39 is 42.3 Å². The third kappa shape index (κ3) is 3.59. The Kier molecular flexibility index (Phi) is 5.60. The maximum absolute atomic E-state index is 13.9. The predicted octanol–water partition coefficient (Wildman–Crippen LogP) is 3.45. The van der Waals surface area contributed by atoms with E-state index in [2.05, 4.69) is 0 Å². The fourth-order valence-electron chi connectivity index (χ4n) is 4.01. The van der Waals surface area contributed by atoms with E-state index in [0.29, 0.717) is 14.8 Å². The molecule has 165 valence electrons. The summed E-state index contributed by atoms with van der Waals surface area (Å²) in [6, 6.07) is 25.4. The Hall–Kier alpha value is -2.60. The molecule has 0 amide bonds. The van der Waals surface area contributed by atoms with E-state index in [1.807, 2.05) is 0 Å². The maximum atomic E-state index is 13.9. The summed E-state index contributed by atoms with van der Waals surface area (Å²) in [6.45, 7) is 0. The standard InChI is InChI=1S/C12H8O2S.C7H5ClO2.C6H4F.Bi/c13-15(14,11-7-3-1-4-8-11)12-9-5-2-6-10-12;8-6-3-1-2-5(4-6)7(9)10;7-6-4-2-1-3-5-6;/h1-7,9H;1-4H,(H,9,10);2-5H;/q;;;+1/p-1. The molecule has 0 aromatic heterocycles. The second kappa shape index (κ2) is 8.32. The zero-order valence-electron chi connectivity index (χ0n) is 17.0. The zero-order chi connectivity index (χ0) is 23.2. The van der Waals surface area contributed by atoms with E-state index in [1.54, 1.807) is 66.7 Å². The Bertz CT molecular complexity index is 1450. The van der Waals surface area contributed by atoms with Gasteiger partial charge in [-0.3, -0.25) is 0 Å². The van der Waals surface area contributed by atoms with Crippen LogP contribution in [0.25, 0.3) is 0 Å². The summed E-state index contributed by atoms with van der Waals surface area (Å²) in [7, 11) is -3.83. The molecule has 1 radical (unpaired) electrons. The van der Waals surface area contributed by atoms with Crippen LogP contribution >= 0.6 is 11.6 Å². The van der Waals surface area contributed by atoms with E-state index >= 15 is 0 Å². The minimum atomic E-state index is -4.86. The number of hydrogen-bond donors (Lipinski definition) is 0. The van der Waals surface area contributed by atoms with Crippen molar-refractivity contribution in [2.24, 2.45) is 0 Å². The number of fused-ring (bicyclic) bond motifs is 2. The van der Waals surface area contributed by atoms with Crippen molar-refractivity contribution in [1.82, 2.24) is 0 Å². The fourth-order valence-corrected chi connectivity index (χ4v) is 23.9. The normalized spacial score (nSPS) is 15.2. The fraction of sp³-hybridized carbons (Fsp3) is 0. The first-order valence-electron chi connectivity index (χ1n) is 9.93. The van der Waals surface area contributed by atoms with Crippen LogP contribution in [0.2, 0.25) is 5.02 Å². The summed E-state index contributed by atoms with van der Waals surface area (Å²) < 4.78 is 48.9. The quantitative estimate of drug-likeness (QED) is 0.313. The zero-order valence-corrected chi connectivity index (χ0v) is 22.0. The summed E-state index contributed by atoms with van der Waals surface area (Å²) in [6.07, 6.45) is 0. The van der Waals surface area contributed by atoms with Gasteiger partial charge in [-0.25, -0.2) is 0 Å². The Labute approximate surface area is 200 Å². The van der Waals surface area contributed by atoms with Crippen molar-refractivity contribution < 1.29 is 20.4 Å². The first-order chi connectivity index (χ1) is 15.8. The molecule has 8 heteroatoms. The molecule has 0 aliphatic carbocycles. The van der Waals surface area contributed by atoms with Crippen molar-refractivity contribution in [3.63, 3.8) is 0 Å². The van der Waals surface area contributed by atoms with E-state index in [9.17, 15) is 17.6 Å². The van der Waals surface area contributed by atoms with Gasteiger partial charge in [0.05, 0.1) is 0 Å². The van der Waals surface area contributed by atoms with Crippen LogP contribution in [0.4, 0.5) is 4.39 Å². The first-order valence-corrected chi connectivity index (χ1v) is 18.4. The first kappa shape index (κ1) is 22.2. The average Bonchev–Trinajstić information content (AvgIpc) is 2.82. The molecule has 33 heavy (non-hydrogen) atoms. The predicted molar refractivity (Wildman–Crippen MR) is 126 cm³/mol. The number of hydrogen-bond acceptors (Lipinski definition) is 4. The van der Waals surface area contributed by atoms with Gasteiger partial charge in [0.2, 0.25) is 0 Å². The van der Waals surface area contributed by atoms with Crippen LogP contribution in [0.15, 0.2) is 107 Å². The molecule has 1 aliphatic rings. The molecule has 0 spiro atoms. The van der Waals surface area contributed by atoms with Crippen molar-refractivity contribution in [2.45, 2.75) is 9.79 Å². The molecule has 4 aromatic rings. The van der Waals surface area contributed by atoms with Gasteiger partial charge in [0.25, 0.3) is 0 Å². The molecule has 1 aliphatic heterocycles. The van der Waals surface area contributed by atoms with Gasteiger partial charge >= 0.3 is 202 Å². The number of carbonyl (C=O) groups excluding carboxylic acids is 1. The molecular weight excluding hydrogens is 660 g/mol. The van der Waals surface area contributed by atoms with Gasteiger partial charge in [-0.15, -0.1) is 0 Å². The van der Waals surface area contributed by atoms with Crippen molar-refractivity contribution in [3.8, 4) is 0 Å². The number of halogens is 2. The van der Waals surface area contributed by atoms with E-state index in [4.69, 9.17) is 14.4 Å². The molecule has 0 atom stereocenters. The van der Waals surface area contributed by atoms with Crippen LogP contribution < -0.4 is 9.81 Å². The SMILES string of the molecule is O=C([O][Bi]1([c]2ccc(F)cc2)[c]2ccccc2S(=O)(=O)c2cccc[c]21)c1cccc(Cl)c1. The van der Waals surface area contributed by atoms with Gasteiger partial charge < -0.3 is 0 Å². The molecular formula is C25H16BiClFO4S. The molecule has 0 unspecified atom stereocenters. The van der Waals surface area contributed by atoms with Crippen molar-refractivity contribution >= 4 is 57.9 Å². The van der Waals surface area contributed by atoms with E-state index in [-0.39, 0.29) is 15.4 Å². The van der Waals surface area contributed by atoms with Crippen LogP contribution in [0.3, 0.4) is 0 Å². The van der Waals surface area contributed by atoms with Crippen LogP contribution in [0, 0.1) is 5.82 Å². The minimum absolute atomic E-state index is 0.116. The summed E-state index contributed by atoms with van der Waals surface area (Å²) in [5.41, 5.74) is 0.255. The molecule has 0 saturated carbocycles. The molecule has 0 fully saturated rings. The van der Waals surface area contributed by atoms with E-state index in [0.717, 1.165) is 0 Å². The molecule has 0 N–H and O–H groups in total. The second-order valence-corrected chi connectivity index (χ2v) is 20.9. The van der Waals surface area contributed by atoms with Crippen LogP contribution in [0.1, 0.15) is 10.4 Å². The van der Waals surface area contributed by atoms with Crippen LogP contribution in [-0.4, -0.2) is 35.1 Å². The average molecular weight is 676 g/mol.